The van der Waals surface area contributed by atoms with Gasteiger partial charge in [-0.3, -0.25) is 0 Å². The third kappa shape index (κ3) is 3.20. The van der Waals surface area contributed by atoms with Gasteiger partial charge in [-0.1, -0.05) is 12.1 Å². The zero-order valence-corrected chi connectivity index (χ0v) is 9.81. The molecule has 1 nitrogen and oxygen atoms in total. The predicted molar refractivity (Wildman–Crippen MR) is 66.8 cm³/mol. The van der Waals surface area contributed by atoms with E-state index in [4.69, 9.17) is 5.73 Å². The lowest BCUT2D eigenvalue weighted by atomic mass is 10.2. The van der Waals surface area contributed by atoms with Crippen LogP contribution in [0.4, 0.5) is 14.5 Å². The van der Waals surface area contributed by atoms with Gasteiger partial charge in [0.05, 0.1) is 0 Å². The van der Waals surface area contributed by atoms with Crippen molar-refractivity contribution >= 4 is 17.4 Å². The number of benzene rings is 2. The van der Waals surface area contributed by atoms with E-state index in [0.717, 1.165) is 11.0 Å². The van der Waals surface area contributed by atoms with Crippen LogP contribution in [0, 0.1) is 11.6 Å². The van der Waals surface area contributed by atoms with Crippen LogP contribution < -0.4 is 5.73 Å². The Bertz CT molecular complexity index is 508. The molecule has 0 saturated carbocycles. The van der Waals surface area contributed by atoms with Gasteiger partial charge in [-0.05, 0) is 29.8 Å². The average Bonchev–Trinajstić information content (AvgIpc) is 2.27. The van der Waals surface area contributed by atoms with E-state index in [0.29, 0.717) is 17.0 Å². The van der Waals surface area contributed by atoms with Crippen LogP contribution in [-0.2, 0) is 5.75 Å². The predicted octanol–water partition coefficient (Wildman–Crippen LogP) is 3.84. The first-order valence-electron chi connectivity index (χ1n) is 5.07. The van der Waals surface area contributed by atoms with Crippen molar-refractivity contribution < 1.29 is 8.78 Å². The minimum atomic E-state index is -0.554. The molecule has 4 heteroatoms. The number of hydrogen-bond donors (Lipinski definition) is 1. The third-order valence-corrected chi connectivity index (χ3v) is 3.40. The molecule has 0 amide bonds. The van der Waals surface area contributed by atoms with E-state index in [1.165, 1.54) is 23.9 Å². The molecule has 0 aliphatic heterocycles. The lowest BCUT2D eigenvalue weighted by Crippen LogP contribution is -1.89. The minimum absolute atomic E-state index is 0.489. The Morgan fingerprint density at radius 2 is 1.65 bits per heavy atom. The van der Waals surface area contributed by atoms with Crippen molar-refractivity contribution in [3.63, 3.8) is 0 Å². The van der Waals surface area contributed by atoms with Crippen LogP contribution in [0.2, 0.25) is 0 Å². The van der Waals surface area contributed by atoms with Gasteiger partial charge in [0.1, 0.15) is 11.6 Å². The highest BCUT2D eigenvalue weighted by Crippen LogP contribution is 2.28. The summed E-state index contributed by atoms with van der Waals surface area (Å²) in [7, 11) is 0. The molecule has 2 aromatic carbocycles. The molecule has 0 heterocycles. The number of halogens is 2. The van der Waals surface area contributed by atoms with Crippen LogP contribution in [0.1, 0.15) is 5.56 Å². The molecule has 0 aliphatic carbocycles. The lowest BCUT2D eigenvalue weighted by Gasteiger charge is -2.05. The number of nitrogens with two attached hydrogens (primary N) is 1. The Morgan fingerprint density at radius 1 is 1.00 bits per heavy atom. The molecule has 2 aromatic rings. The summed E-state index contributed by atoms with van der Waals surface area (Å²) in [6, 6.07) is 10.9. The zero-order chi connectivity index (χ0) is 12.3. The van der Waals surface area contributed by atoms with Crippen molar-refractivity contribution in [3.05, 3.63) is 59.7 Å². The Labute approximate surface area is 103 Å². The largest absolute Gasteiger partial charge is 0.398 e. The SMILES string of the molecule is Nc1ccccc1SCc1cc(F)cc(F)c1. The van der Waals surface area contributed by atoms with Gasteiger partial charge in [0.25, 0.3) is 0 Å². The molecular weight excluding hydrogens is 240 g/mol. The normalized spacial score (nSPS) is 10.5. The smallest absolute Gasteiger partial charge is 0.126 e. The first-order chi connectivity index (χ1) is 8.15. The van der Waals surface area contributed by atoms with Crippen molar-refractivity contribution in [2.24, 2.45) is 0 Å². The molecule has 88 valence electrons. The van der Waals surface area contributed by atoms with Crippen molar-refractivity contribution in [3.8, 4) is 0 Å². The molecule has 0 aromatic heterocycles. The highest BCUT2D eigenvalue weighted by Gasteiger charge is 2.03. The number of para-hydroxylation sites is 1. The summed E-state index contributed by atoms with van der Waals surface area (Å²) < 4.78 is 25.9. The second kappa shape index (κ2) is 5.19. The van der Waals surface area contributed by atoms with Gasteiger partial charge in [-0.2, -0.15) is 0 Å². The highest BCUT2D eigenvalue weighted by molar-refractivity contribution is 7.98. The summed E-state index contributed by atoms with van der Waals surface area (Å²) >= 11 is 1.46. The molecule has 0 atom stereocenters. The van der Waals surface area contributed by atoms with Gasteiger partial charge in [0.2, 0.25) is 0 Å². The summed E-state index contributed by atoms with van der Waals surface area (Å²) in [5, 5.41) is 0. The fraction of sp³-hybridized carbons (Fsp3) is 0.0769. The van der Waals surface area contributed by atoms with Gasteiger partial charge in [0.15, 0.2) is 0 Å². The molecule has 0 aliphatic rings. The molecule has 0 saturated heterocycles. The molecule has 17 heavy (non-hydrogen) atoms. The van der Waals surface area contributed by atoms with Gasteiger partial charge in [0, 0.05) is 22.4 Å². The summed E-state index contributed by atoms with van der Waals surface area (Å²) in [5.41, 5.74) is 7.06. The molecule has 0 bridgehead atoms. The maximum atomic E-state index is 13.0. The quantitative estimate of drug-likeness (QED) is 0.662. The van der Waals surface area contributed by atoms with Crippen LogP contribution in [0.3, 0.4) is 0 Å². The molecule has 2 rings (SSSR count). The second-order valence-corrected chi connectivity index (χ2v) is 4.62. The van der Waals surface area contributed by atoms with E-state index in [-0.39, 0.29) is 0 Å². The summed E-state index contributed by atoms with van der Waals surface area (Å²) in [6.07, 6.45) is 0. The Kier molecular flexibility index (Phi) is 3.64. The number of thioether (sulfide) groups is 1. The number of nitrogen functional groups attached to an aromatic ring is 1. The minimum Gasteiger partial charge on any atom is -0.398 e. The molecule has 2 N–H and O–H groups in total. The van der Waals surface area contributed by atoms with Crippen LogP contribution in [0.5, 0.6) is 0 Å². The molecular formula is C13H11F2NS. The van der Waals surface area contributed by atoms with Gasteiger partial charge < -0.3 is 5.73 Å². The van der Waals surface area contributed by atoms with E-state index in [1.54, 1.807) is 6.07 Å². The summed E-state index contributed by atoms with van der Waals surface area (Å²) in [5.74, 6) is -0.619. The fourth-order valence-electron chi connectivity index (χ4n) is 1.47. The number of anilines is 1. The van der Waals surface area contributed by atoms with Crippen molar-refractivity contribution in [1.29, 1.82) is 0 Å². The Balaban J connectivity index is 2.10. The third-order valence-electron chi connectivity index (χ3n) is 2.24. The second-order valence-electron chi connectivity index (χ2n) is 3.60. The molecule has 0 radical (unpaired) electrons. The van der Waals surface area contributed by atoms with Gasteiger partial charge in [-0.15, -0.1) is 11.8 Å². The standard InChI is InChI=1S/C13H11F2NS/c14-10-5-9(6-11(15)7-10)8-17-13-4-2-1-3-12(13)16/h1-7H,8,16H2. The van der Waals surface area contributed by atoms with Crippen LogP contribution in [0.15, 0.2) is 47.4 Å². The first kappa shape index (κ1) is 11.9. The van der Waals surface area contributed by atoms with Crippen molar-refractivity contribution in [2.75, 3.05) is 5.73 Å². The van der Waals surface area contributed by atoms with Crippen molar-refractivity contribution in [2.45, 2.75) is 10.6 Å². The van der Waals surface area contributed by atoms with Gasteiger partial charge >= 0.3 is 0 Å². The zero-order valence-electron chi connectivity index (χ0n) is 8.99. The van der Waals surface area contributed by atoms with E-state index in [9.17, 15) is 8.78 Å². The van der Waals surface area contributed by atoms with Gasteiger partial charge in [-0.25, -0.2) is 8.78 Å². The summed E-state index contributed by atoms with van der Waals surface area (Å²) in [4.78, 5) is 0.914. The van der Waals surface area contributed by atoms with E-state index >= 15 is 0 Å². The van der Waals surface area contributed by atoms with Crippen LogP contribution >= 0.6 is 11.8 Å². The topological polar surface area (TPSA) is 26.0 Å². The Hall–Kier alpha value is -1.55. The van der Waals surface area contributed by atoms with Crippen LogP contribution in [0.25, 0.3) is 0 Å². The lowest BCUT2D eigenvalue weighted by molar-refractivity contribution is 0.581. The van der Waals surface area contributed by atoms with E-state index in [1.807, 2.05) is 18.2 Å². The fourth-order valence-corrected chi connectivity index (χ4v) is 2.37. The van der Waals surface area contributed by atoms with Crippen LogP contribution in [-0.4, -0.2) is 0 Å². The van der Waals surface area contributed by atoms with E-state index < -0.39 is 11.6 Å². The monoisotopic (exact) mass is 251 g/mol. The number of rotatable bonds is 3. The maximum absolute atomic E-state index is 13.0. The number of hydrogen-bond acceptors (Lipinski definition) is 2. The molecule has 0 spiro atoms. The highest BCUT2D eigenvalue weighted by atomic mass is 32.2. The Morgan fingerprint density at radius 3 is 2.29 bits per heavy atom. The molecule has 0 fully saturated rings. The first-order valence-corrected chi connectivity index (χ1v) is 6.06. The summed E-state index contributed by atoms with van der Waals surface area (Å²) in [6.45, 7) is 0. The molecule has 0 unspecified atom stereocenters. The van der Waals surface area contributed by atoms with Crippen molar-refractivity contribution in [1.82, 2.24) is 0 Å². The van der Waals surface area contributed by atoms with E-state index in [2.05, 4.69) is 0 Å². The maximum Gasteiger partial charge on any atom is 0.126 e. The average molecular weight is 251 g/mol.